The van der Waals surface area contributed by atoms with Crippen LogP contribution in [0, 0.1) is 11.7 Å². The summed E-state index contributed by atoms with van der Waals surface area (Å²) in [6, 6.07) is 6.08. The lowest BCUT2D eigenvalue weighted by molar-refractivity contribution is -0.137. The summed E-state index contributed by atoms with van der Waals surface area (Å²) in [7, 11) is 0. The summed E-state index contributed by atoms with van der Waals surface area (Å²) in [5.74, 6) is -0.169. The zero-order valence-corrected chi connectivity index (χ0v) is 15.1. The number of rotatable bonds is 5. The monoisotopic (exact) mass is 362 g/mol. The zero-order valence-electron chi connectivity index (χ0n) is 15.1. The Bertz CT molecular complexity index is 623. The third-order valence-corrected chi connectivity index (χ3v) is 5.32. The fourth-order valence-electron chi connectivity index (χ4n) is 3.83. The Balaban J connectivity index is 1.38. The van der Waals surface area contributed by atoms with Gasteiger partial charge in [-0.3, -0.25) is 9.59 Å². The van der Waals surface area contributed by atoms with Crippen molar-refractivity contribution in [1.82, 2.24) is 10.2 Å². The molecule has 1 aliphatic carbocycles. The molecule has 2 fully saturated rings. The predicted molar refractivity (Wildman–Crippen MR) is 96.2 cm³/mol. The number of para-hydroxylation sites is 1. The standard InChI is InChI=1S/C20H27FN2O3/c21-17-8-4-5-9-18(17)26-14-19(24)22-16-10-12-23(13-11-16)20(25)15-6-2-1-3-7-15/h4-5,8-9,15-16H,1-3,6-7,10-14H2,(H,22,24). The molecule has 6 heteroatoms. The predicted octanol–water partition coefficient (Wildman–Crippen LogP) is 2.89. The van der Waals surface area contributed by atoms with Crippen molar-refractivity contribution in [2.45, 2.75) is 51.0 Å². The molecular weight excluding hydrogens is 335 g/mol. The van der Waals surface area contributed by atoms with Gasteiger partial charge in [0, 0.05) is 25.0 Å². The van der Waals surface area contributed by atoms with E-state index in [0.717, 1.165) is 38.5 Å². The van der Waals surface area contributed by atoms with Gasteiger partial charge in [-0.25, -0.2) is 4.39 Å². The summed E-state index contributed by atoms with van der Waals surface area (Å²) >= 11 is 0. The van der Waals surface area contributed by atoms with Crippen molar-refractivity contribution in [2.24, 2.45) is 5.92 Å². The highest BCUT2D eigenvalue weighted by Gasteiger charge is 2.29. The Kier molecular flexibility index (Phi) is 6.47. The molecule has 3 rings (SSSR count). The van der Waals surface area contributed by atoms with E-state index >= 15 is 0 Å². The Morgan fingerprint density at radius 1 is 1.08 bits per heavy atom. The zero-order chi connectivity index (χ0) is 18.4. The fraction of sp³-hybridized carbons (Fsp3) is 0.600. The highest BCUT2D eigenvalue weighted by atomic mass is 19.1. The van der Waals surface area contributed by atoms with Crippen LogP contribution >= 0.6 is 0 Å². The molecule has 1 heterocycles. The van der Waals surface area contributed by atoms with E-state index in [2.05, 4.69) is 5.32 Å². The minimum absolute atomic E-state index is 0.0436. The molecule has 0 unspecified atom stereocenters. The largest absolute Gasteiger partial charge is 0.481 e. The Labute approximate surface area is 153 Å². The molecule has 1 aromatic carbocycles. The first-order chi connectivity index (χ1) is 12.6. The van der Waals surface area contributed by atoms with E-state index < -0.39 is 5.82 Å². The van der Waals surface area contributed by atoms with Crippen LogP contribution in [0.1, 0.15) is 44.9 Å². The van der Waals surface area contributed by atoms with E-state index in [4.69, 9.17) is 4.74 Å². The van der Waals surface area contributed by atoms with Gasteiger partial charge in [0.2, 0.25) is 5.91 Å². The minimum atomic E-state index is -0.477. The molecule has 1 saturated heterocycles. The van der Waals surface area contributed by atoms with Crippen LogP contribution in [0.15, 0.2) is 24.3 Å². The summed E-state index contributed by atoms with van der Waals surface area (Å²) < 4.78 is 18.7. The second-order valence-electron chi connectivity index (χ2n) is 7.22. The van der Waals surface area contributed by atoms with Gasteiger partial charge in [0.1, 0.15) is 0 Å². The molecule has 2 amide bonds. The highest BCUT2D eigenvalue weighted by Crippen LogP contribution is 2.26. The van der Waals surface area contributed by atoms with Crippen molar-refractivity contribution in [2.75, 3.05) is 19.7 Å². The molecule has 0 atom stereocenters. The smallest absolute Gasteiger partial charge is 0.258 e. The van der Waals surface area contributed by atoms with Gasteiger partial charge in [0.15, 0.2) is 18.2 Å². The van der Waals surface area contributed by atoms with Gasteiger partial charge in [-0.15, -0.1) is 0 Å². The maximum atomic E-state index is 13.5. The lowest BCUT2D eigenvalue weighted by atomic mass is 9.87. The number of halogens is 1. The number of likely N-dealkylation sites (tertiary alicyclic amines) is 1. The fourth-order valence-corrected chi connectivity index (χ4v) is 3.83. The van der Waals surface area contributed by atoms with Crippen LogP contribution in [0.3, 0.4) is 0 Å². The number of benzene rings is 1. The number of ether oxygens (including phenoxy) is 1. The lowest BCUT2D eigenvalue weighted by Crippen LogP contribution is -2.49. The normalized spacial score (nSPS) is 19.2. The molecule has 142 valence electrons. The first-order valence-corrected chi connectivity index (χ1v) is 9.59. The van der Waals surface area contributed by atoms with Crippen molar-refractivity contribution >= 4 is 11.8 Å². The van der Waals surface area contributed by atoms with Gasteiger partial charge in [-0.2, -0.15) is 0 Å². The average molecular weight is 362 g/mol. The van der Waals surface area contributed by atoms with E-state index in [1.807, 2.05) is 4.90 Å². The molecule has 2 aliphatic rings. The van der Waals surface area contributed by atoms with E-state index in [-0.39, 0.29) is 36.1 Å². The summed E-state index contributed by atoms with van der Waals surface area (Å²) in [4.78, 5) is 26.5. The third-order valence-electron chi connectivity index (χ3n) is 5.32. The molecule has 1 aliphatic heterocycles. The number of hydrogen-bond acceptors (Lipinski definition) is 3. The highest BCUT2D eigenvalue weighted by molar-refractivity contribution is 5.79. The van der Waals surface area contributed by atoms with Gasteiger partial charge in [-0.1, -0.05) is 31.4 Å². The van der Waals surface area contributed by atoms with Crippen molar-refractivity contribution in [3.8, 4) is 5.75 Å². The van der Waals surface area contributed by atoms with Gasteiger partial charge in [0.05, 0.1) is 0 Å². The second-order valence-corrected chi connectivity index (χ2v) is 7.22. The van der Waals surface area contributed by atoms with Crippen molar-refractivity contribution in [3.05, 3.63) is 30.1 Å². The SMILES string of the molecule is O=C(COc1ccccc1F)NC1CCN(C(=O)C2CCCCC2)CC1. The summed E-state index contributed by atoms with van der Waals surface area (Å²) in [5, 5.41) is 2.92. The van der Waals surface area contributed by atoms with Crippen LogP contribution in [0.2, 0.25) is 0 Å². The molecule has 1 saturated carbocycles. The Hall–Kier alpha value is -2.11. The summed E-state index contributed by atoms with van der Waals surface area (Å²) in [6.45, 7) is 1.17. The maximum Gasteiger partial charge on any atom is 0.258 e. The molecule has 0 spiro atoms. The van der Waals surface area contributed by atoms with E-state index in [1.165, 1.54) is 18.6 Å². The molecule has 0 aromatic heterocycles. The number of amides is 2. The maximum absolute atomic E-state index is 13.5. The Morgan fingerprint density at radius 2 is 1.77 bits per heavy atom. The third kappa shape index (κ3) is 4.96. The van der Waals surface area contributed by atoms with Crippen LogP contribution < -0.4 is 10.1 Å². The number of hydrogen-bond donors (Lipinski definition) is 1. The lowest BCUT2D eigenvalue weighted by Gasteiger charge is -2.35. The molecule has 0 radical (unpaired) electrons. The molecular formula is C20H27FN2O3. The number of piperidine rings is 1. The first-order valence-electron chi connectivity index (χ1n) is 9.59. The van der Waals surface area contributed by atoms with E-state index in [0.29, 0.717) is 13.1 Å². The van der Waals surface area contributed by atoms with Gasteiger partial charge in [-0.05, 0) is 37.8 Å². The van der Waals surface area contributed by atoms with Gasteiger partial charge in [0.25, 0.3) is 5.91 Å². The molecule has 1 N–H and O–H groups in total. The second kappa shape index (κ2) is 9.01. The van der Waals surface area contributed by atoms with Gasteiger partial charge >= 0.3 is 0 Å². The van der Waals surface area contributed by atoms with Crippen molar-refractivity contribution < 1.29 is 18.7 Å². The average Bonchev–Trinajstić information content (AvgIpc) is 2.68. The quantitative estimate of drug-likeness (QED) is 0.876. The van der Waals surface area contributed by atoms with Crippen LogP contribution in [0.4, 0.5) is 4.39 Å². The van der Waals surface area contributed by atoms with Crippen LogP contribution in [-0.2, 0) is 9.59 Å². The first kappa shape index (κ1) is 18.7. The molecule has 0 bridgehead atoms. The van der Waals surface area contributed by atoms with Crippen LogP contribution in [0.25, 0.3) is 0 Å². The van der Waals surface area contributed by atoms with Crippen molar-refractivity contribution in [3.63, 3.8) is 0 Å². The molecule has 26 heavy (non-hydrogen) atoms. The van der Waals surface area contributed by atoms with E-state index in [1.54, 1.807) is 12.1 Å². The summed E-state index contributed by atoms with van der Waals surface area (Å²) in [6.07, 6.45) is 7.10. The van der Waals surface area contributed by atoms with Crippen LogP contribution in [-0.4, -0.2) is 42.5 Å². The minimum Gasteiger partial charge on any atom is -0.481 e. The van der Waals surface area contributed by atoms with Crippen LogP contribution in [0.5, 0.6) is 5.75 Å². The summed E-state index contributed by atoms with van der Waals surface area (Å²) in [5.41, 5.74) is 0. The number of nitrogens with one attached hydrogen (secondary N) is 1. The molecule has 5 nitrogen and oxygen atoms in total. The molecule has 1 aromatic rings. The Morgan fingerprint density at radius 3 is 2.46 bits per heavy atom. The van der Waals surface area contributed by atoms with E-state index in [9.17, 15) is 14.0 Å². The van der Waals surface area contributed by atoms with Gasteiger partial charge < -0.3 is 15.0 Å². The number of carbonyl (C=O) groups excluding carboxylic acids is 2. The van der Waals surface area contributed by atoms with Crippen molar-refractivity contribution in [1.29, 1.82) is 0 Å². The number of nitrogens with zero attached hydrogens (tertiary/aromatic N) is 1. The topological polar surface area (TPSA) is 58.6 Å². The number of carbonyl (C=O) groups is 2.